The molecule has 0 aliphatic heterocycles. The van der Waals surface area contributed by atoms with E-state index in [9.17, 15) is 5.11 Å². The van der Waals surface area contributed by atoms with Crippen LogP contribution in [-0.4, -0.2) is 10.7 Å². The molecule has 1 aliphatic rings. The van der Waals surface area contributed by atoms with E-state index in [2.05, 4.69) is 0 Å². The fourth-order valence-corrected chi connectivity index (χ4v) is 0.850. The molecule has 1 nitrogen and oxygen atoms in total. The zero-order valence-electron chi connectivity index (χ0n) is 6.24. The minimum Gasteiger partial charge on any atom is -0.385 e. The summed E-state index contributed by atoms with van der Waals surface area (Å²) in [7, 11) is 0. The Morgan fingerprint density at radius 1 is 1.60 bits per heavy atom. The zero-order chi connectivity index (χ0) is 6.91. The molecule has 0 amide bonds. The number of allylic oxidation sites excluding steroid dienone is 2. The minimum absolute atomic E-state index is 0. The number of rotatable bonds is 0. The molecule has 1 N–H and O–H groups in total. The molecule has 2 heteroatoms. The molecule has 0 spiro atoms. The predicted molar refractivity (Wildman–Crippen MR) is 38.1 cm³/mol. The van der Waals surface area contributed by atoms with Gasteiger partial charge in [0.25, 0.3) is 0 Å². The molecular weight excluding hydrogens is 168 g/mol. The van der Waals surface area contributed by atoms with Gasteiger partial charge in [-0.05, 0) is 25.8 Å². The quantitative estimate of drug-likeness (QED) is 0.562. The largest absolute Gasteiger partial charge is 0.385 e. The monoisotopic (exact) mass is 180 g/mol. The smallest absolute Gasteiger partial charge is 0.0863 e. The Balaban J connectivity index is 0.000000810. The van der Waals surface area contributed by atoms with Crippen LogP contribution in [0.4, 0.5) is 0 Å². The molecule has 1 aliphatic carbocycles. The molecule has 0 heterocycles. The van der Waals surface area contributed by atoms with Gasteiger partial charge in [-0.1, -0.05) is 18.2 Å². The van der Waals surface area contributed by atoms with Crippen molar-refractivity contribution in [2.24, 2.45) is 0 Å². The Bertz CT molecular complexity index is 168. The standard InChI is InChI=1S/C8H12O.Fe/c1-7-5-3-4-6-8(7,2)9;/h3-5,9H,6H2,1-2H3;. The van der Waals surface area contributed by atoms with Crippen molar-refractivity contribution in [2.45, 2.75) is 25.9 Å². The van der Waals surface area contributed by atoms with Gasteiger partial charge in [0.2, 0.25) is 0 Å². The molecule has 0 radical (unpaired) electrons. The summed E-state index contributed by atoms with van der Waals surface area (Å²) in [5.74, 6) is 0. The van der Waals surface area contributed by atoms with Crippen molar-refractivity contribution in [1.82, 2.24) is 0 Å². The van der Waals surface area contributed by atoms with Gasteiger partial charge in [-0.15, -0.1) is 0 Å². The van der Waals surface area contributed by atoms with E-state index >= 15 is 0 Å². The molecule has 0 bridgehead atoms. The van der Waals surface area contributed by atoms with Crippen LogP contribution in [0.15, 0.2) is 23.8 Å². The van der Waals surface area contributed by atoms with E-state index in [1.165, 1.54) is 0 Å². The first-order valence-corrected chi connectivity index (χ1v) is 3.19. The van der Waals surface area contributed by atoms with Gasteiger partial charge in [0.1, 0.15) is 0 Å². The van der Waals surface area contributed by atoms with Crippen LogP contribution in [0.3, 0.4) is 0 Å². The van der Waals surface area contributed by atoms with Crippen molar-refractivity contribution in [3.05, 3.63) is 23.8 Å². The molecule has 1 unspecified atom stereocenters. The zero-order valence-corrected chi connectivity index (χ0v) is 7.34. The van der Waals surface area contributed by atoms with E-state index < -0.39 is 5.60 Å². The van der Waals surface area contributed by atoms with Crippen molar-refractivity contribution < 1.29 is 22.2 Å². The third-order valence-corrected chi connectivity index (χ3v) is 1.85. The summed E-state index contributed by atoms with van der Waals surface area (Å²) in [6.45, 7) is 3.78. The van der Waals surface area contributed by atoms with Crippen LogP contribution in [0.1, 0.15) is 20.3 Å². The van der Waals surface area contributed by atoms with Gasteiger partial charge in [0.15, 0.2) is 0 Å². The summed E-state index contributed by atoms with van der Waals surface area (Å²) in [4.78, 5) is 0. The van der Waals surface area contributed by atoms with Crippen LogP contribution in [0.5, 0.6) is 0 Å². The van der Waals surface area contributed by atoms with E-state index in [1.807, 2.05) is 32.1 Å². The molecule has 0 saturated heterocycles. The van der Waals surface area contributed by atoms with E-state index in [0.717, 1.165) is 12.0 Å². The van der Waals surface area contributed by atoms with Gasteiger partial charge in [0, 0.05) is 17.1 Å². The van der Waals surface area contributed by atoms with Crippen molar-refractivity contribution in [1.29, 1.82) is 0 Å². The van der Waals surface area contributed by atoms with Gasteiger partial charge >= 0.3 is 0 Å². The fraction of sp³-hybridized carbons (Fsp3) is 0.500. The van der Waals surface area contributed by atoms with E-state index in [-0.39, 0.29) is 17.1 Å². The Morgan fingerprint density at radius 3 is 2.50 bits per heavy atom. The summed E-state index contributed by atoms with van der Waals surface area (Å²) < 4.78 is 0. The van der Waals surface area contributed by atoms with Crippen LogP contribution >= 0.6 is 0 Å². The molecule has 0 saturated carbocycles. The normalized spacial score (nSPS) is 30.9. The van der Waals surface area contributed by atoms with Gasteiger partial charge in [-0.3, -0.25) is 0 Å². The van der Waals surface area contributed by atoms with E-state index in [1.54, 1.807) is 0 Å². The van der Waals surface area contributed by atoms with Crippen molar-refractivity contribution >= 4 is 0 Å². The molecule has 58 valence electrons. The van der Waals surface area contributed by atoms with Crippen molar-refractivity contribution in [3.63, 3.8) is 0 Å². The second-order valence-corrected chi connectivity index (χ2v) is 2.76. The summed E-state index contributed by atoms with van der Waals surface area (Å²) in [5.41, 5.74) is 0.458. The topological polar surface area (TPSA) is 20.2 Å². The van der Waals surface area contributed by atoms with Gasteiger partial charge in [0.05, 0.1) is 5.60 Å². The van der Waals surface area contributed by atoms with Crippen molar-refractivity contribution in [3.8, 4) is 0 Å². The minimum atomic E-state index is -0.589. The molecule has 1 rings (SSSR count). The Kier molecular flexibility index (Phi) is 3.37. The second-order valence-electron chi connectivity index (χ2n) is 2.76. The van der Waals surface area contributed by atoms with Crippen LogP contribution in [-0.2, 0) is 17.1 Å². The first-order valence-electron chi connectivity index (χ1n) is 3.19. The molecule has 10 heavy (non-hydrogen) atoms. The fourth-order valence-electron chi connectivity index (χ4n) is 0.850. The molecule has 0 aromatic rings. The van der Waals surface area contributed by atoms with Gasteiger partial charge < -0.3 is 5.11 Å². The summed E-state index contributed by atoms with van der Waals surface area (Å²) in [6.07, 6.45) is 6.65. The van der Waals surface area contributed by atoms with Crippen molar-refractivity contribution in [2.75, 3.05) is 0 Å². The third kappa shape index (κ3) is 1.98. The van der Waals surface area contributed by atoms with E-state index in [0.29, 0.717) is 0 Å². The Morgan fingerprint density at radius 2 is 2.20 bits per heavy atom. The molecule has 0 aromatic heterocycles. The van der Waals surface area contributed by atoms with Gasteiger partial charge in [-0.25, -0.2) is 0 Å². The molecular formula is C8H12FeO. The van der Waals surface area contributed by atoms with Crippen LogP contribution in [0.2, 0.25) is 0 Å². The average molecular weight is 180 g/mol. The molecule has 0 fully saturated rings. The maximum absolute atomic E-state index is 9.52. The average Bonchev–Trinajstić information content (AvgIpc) is 1.77. The SMILES string of the molecule is CC1=CC=CCC1(C)O.[Fe]. The number of aliphatic hydroxyl groups is 1. The van der Waals surface area contributed by atoms with Crippen LogP contribution < -0.4 is 0 Å². The summed E-state index contributed by atoms with van der Waals surface area (Å²) >= 11 is 0. The van der Waals surface area contributed by atoms with E-state index in [4.69, 9.17) is 0 Å². The summed E-state index contributed by atoms with van der Waals surface area (Å²) in [5, 5.41) is 9.52. The maximum Gasteiger partial charge on any atom is 0.0863 e. The van der Waals surface area contributed by atoms with Crippen LogP contribution in [0.25, 0.3) is 0 Å². The number of hydrogen-bond acceptors (Lipinski definition) is 1. The Hall–Kier alpha value is -0.0405. The third-order valence-electron chi connectivity index (χ3n) is 1.85. The maximum atomic E-state index is 9.52. The molecule has 0 aromatic carbocycles. The predicted octanol–water partition coefficient (Wildman–Crippen LogP) is 1.64. The summed E-state index contributed by atoms with van der Waals surface area (Å²) in [6, 6.07) is 0. The van der Waals surface area contributed by atoms with Crippen LogP contribution in [0, 0.1) is 0 Å². The Labute approximate surface area is 72.3 Å². The second kappa shape index (κ2) is 3.38. The number of hydrogen-bond donors (Lipinski definition) is 1. The van der Waals surface area contributed by atoms with Gasteiger partial charge in [-0.2, -0.15) is 0 Å². The molecule has 1 atom stereocenters. The first-order chi connectivity index (χ1) is 4.13. The first kappa shape index (κ1) is 9.96.